The van der Waals surface area contributed by atoms with Gasteiger partial charge in [-0.3, -0.25) is 9.59 Å². The largest absolute Gasteiger partial charge is 0.416 e. The van der Waals surface area contributed by atoms with Crippen molar-refractivity contribution in [2.24, 2.45) is 0 Å². The lowest BCUT2D eigenvalue weighted by Gasteiger charge is -2.29. The first-order valence-electron chi connectivity index (χ1n) is 13.5. The molecule has 0 spiro atoms. The van der Waals surface area contributed by atoms with Crippen LogP contribution in [0.1, 0.15) is 41.5 Å². The lowest BCUT2D eigenvalue weighted by molar-refractivity contribution is -0.137. The Hall–Kier alpha value is -4.37. The van der Waals surface area contributed by atoms with E-state index >= 15 is 0 Å². The number of benzene rings is 3. The minimum atomic E-state index is -4.44. The van der Waals surface area contributed by atoms with Crippen molar-refractivity contribution in [3.8, 4) is 0 Å². The van der Waals surface area contributed by atoms with Crippen LogP contribution in [-0.2, 0) is 22.2 Å². The fraction of sp³-hybridized carbons (Fsp3) is 0.250. The molecule has 1 fully saturated rings. The number of aliphatic hydroxyl groups is 1. The molecular formula is C32H30F3N3O3. The number of halogens is 3. The van der Waals surface area contributed by atoms with Crippen LogP contribution in [0.3, 0.4) is 0 Å². The molecule has 0 saturated carbocycles. The number of anilines is 3. The van der Waals surface area contributed by atoms with Crippen molar-refractivity contribution < 1.29 is 27.9 Å². The standard InChI is InChI=1S/C32H30F3N3O3/c33-32(34,35)23-14-10-21(11-15-23)25(22-12-16-24(17-13-22)38-18-2-1-3-19-38)6-4-9-30(40)36-27-7-5-8-28-26(27)20-29(39)31(41)37-28/h4-17,29,39H,1-3,18-20H2,(H,36,40)(H,37,41)/b9-4+,25-6+. The average Bonchev–Trinajstić information content (AvgIpc) is 2.97. The molecule has 41 heavy (non-hydrogen) atoms. The SMILES string of the molecule is O=C(/C=C/C=C(/c1ccc(N2CCCCC2)cc1)c1ccc(C(F)(F)F)cc1)Nc1cccc2c1CC(O)C(=O)N2. The Balaban J connectivity index is 1.39. The number of hydrogen-bond acceptors (Lipinski definition) is 4. The summed E-state index contributed by atoms with van der Waals surface area (Å²) in [6.07, 6.45) is 2.52. The molecule has 5 rings (SSSR count). The number of hydrogen-bond donors (Lipinski definition) is 3. The number of fused-ring (bicyclic) bond motifs is 1. The lowest BCUT2D eigenvalue weighted by atomic mass is 9.96. The van der Waals surface area contributed by atoms with Crippen molar-refractivity contribution in [3.63, 3.8) is 0 Å². The van der Waals surface area contributed by atoms with Gasteiger partial charge in [0.1, 0.15) is 6.10 Å². The highest BCUT2D eigenvalue weighted by atomic mass is 19.4. The maximum atomic E-state index is 13.2. The van der Waals surface area contributed by atoms with Crippen LogP contribution in [0.2, 0.25) is 0 Å². The van der Waals surface area contributed by atoms with E-state index in [2.05, 4.69) is 15.5 Å². The van der Waals surface area contributed by atoms with Crippen molar-refractivity contribution in [1.82, 2.24) is 0 Å². The van der Waals surface area contributed by atoms with Crippen molar-refractivity contribution in [1.29, 1.82) is 0 Å². The van der Waals surface area contributed by atoms with Gasteiger partial charge in [0.2, 0.25) is 5.91 Å². The molecule has 6 nitrogen and oxygen atoms in total. The summed E-state index contributed by atoms with van der Waals surface area (Å²) < 4.78 is 39.5. The maximum Gasteiger partial charge on any atom is 0.416 e. The Kier molecular flexibility index (Phi) is 8.26. The number of nitrogens with one attached hydrogen (secondary N) is 2. The molecule has 3 N–H and O–H groups in total. The van der Waals surface area contributed by atoms with E-state index < -0.39 is 29.7 Å². The van der Waals surface area contributed by atoms with Gasteiger partial charge in [0.15, 0.2) is 0 Å². The van der Waals surface area contributed by atoms with Gasteiger partial charge < -0.3 is 20.6 Å². The normalized spacial score (nSPS) is 17.8. The van der Waals surface area contributed by atoms with Gasteiger partial charge in [-0.25, -0.2) is 0 Å². The third-order valence-corrected chi connectivity index (χ3v) is 7.33. The summed E-state index contributed by atoms with van der Waals surface area (Å²) in [6.45, 7) is 1.99. The Morgan fingerprint density at radius 1 is 0.951 bits per heavy atom. The first-order valence-corrected chi connectivity index (χ1v) is 13.5. The van der Waals surface area contributed by atoms with Crippen molar-refractivity contribution in [2.45, 2.75) is 38.0 Å². The summed E-state index contributed by atoms with van der Waals surface area (Å²) in [6, 6.07) is 17.9. The number of carbonyl (C=O) groups excluding carboxylic acids is 2. The highest BCUT2D eigenvalue weighted by Crippen LogP contribution is 2.33. The van der Waals surface area contributed by atoms with E-state index in [1.807, 2.05) is 24.3 Å². The van der Waals surface area contributed by atoms with Gasteiger partial charge in [-0.1, -0.05) is 42.5 Å². The predicted molar refractivity (Wildman–Crippen MR) is 154 cm³/mol. The zero-order valence-electron chi connectivity index (χ0n) is 22.2. The molecule has 1 saturated heterocycles. The fourth-order valence-corrected chi connectivity index (χ4v) is 5.15. The molecule has 1 unspecified atom stereocenters. The first-order chi connectivity index (χ1) is 19.7. The molecule has 0 aliphatic carbocycles. The van der Waals surface area contributed by atoms with E-state index in [1.54, 1.807) is 30.4 Å². The molecule has 2 heterocycles. The molecule has 0 radical (unpaired) electrons. The minimum Gasteiger partial charge on any atom is -0.383 e. The quantitative estimate of drug-likeness (QED) is 0.248. The first kappa shape index (κ1) is 28.2. The van der Waals surface area contributed by atoms with Crippen LogP contribution in [0.5, 0.6) is 0 Å². The van der Waals surface area contributed by atoms with E-state index in [-0.39, 0.29) is 6.42 Å². The molecule has 2 amide bonds. The van der Waals surface area contributed by atoms with Crippen molar-refractivity contribution in [2.75, 3.05) is 28.6 Å². The van der Waals surface area contributed by atoms with Crippen LogP contribution in [0, 0.1) is 0 Å². The van der Waals surface area contributed by atoms with Gasteiger partial charge in [0.05, 0.1) is 5.56 Å². The Bertz CT molecular complexity index is 1470. The molecule has 3 aromatic rings. The summed E-state index contributed by atoms with van der Waals surface area (Å²) in [4.78, 5) is 26.9. The Labute approximate surface area is 236 Å². The second-order valence-electron chi connectivity index (χ2n) is 10.1. The number of rotatable bonds is 6. The van der Waals surface area contributed by atoms with Gasteiger partial charge in [-0.05, 0) is 72.4 Å². The zero-order valence-corrected chi connectivity index (χ0v) is 22.2. The summed E-state index contributed by atoms with van der Waals surface area (Å²) in [5.41, 5.74) is 4.03. The number of amides is 2. The van der Waals surface area contributed by atoms with Gasteiger partial charge in [-0.2, -0.15) is 13.2 Å². The Morgan fingerprint density at radius 3 is 2.27 bits per heavy atom. The number of carbonyl (C=O) groups is 2. The van der Waals surface area contributed by atoms with Crippen LogP contribution in [0.25, 0.3) is 5.57 Å². The van der Waals surface area contributed by atoms with Crippen molar-refractivity contribution >= 4 is 34.4 Å². The third-order valence-electron chi connectivity index (χ3n) is 7.33. The summed E-state index contributed by atoms with van der Waals surface area (Å²) in [5, 5.41) is 15.3. The average molecular weight is 562 g/mol. The van der Waals surface area contributed by atoms with Gasteiger partial charge in [0.25, 0.3) is 5.91 Å². The predicted octanol–water partition coefficient (Wildman–Crippen LogP) is 6.18. The maximum absolute atomic E-state index is 13.2. The molecule has 0 aromatic heterocycles. The molecule has 2 aliphatic heterocycles. The second kappa shape index (κ2) is 12.0. The lowest BCUT2D eigenvalue weighted by Crippen LogP contribution is -2.34. The van der Waals surface area contributed by atoms with Crippen LogP contribution in [-0.4, -0.2) is 36.1 Å². The van der Waals surface area contributed by atoms with E-state index in [0.717, 1.165) is 49.3 Å². The molecule has 1 atom stereocenters. The van der Waals surface area contributed by atoms with Crippen LogP contribution in [0.15, 0.2) is 85.0 Å². The molecule has 212 valence electrons. The Morgan fingerprint density at radius 2 is 1.61 bits per heavy atom. The number of nitrogens with zero attached hydrogens (tertiary/aromatic N) is 1. The third kappa shape index (κ3) is 6.69. The second-order valence-corrected chi connectivity index (χ2v) is 10.1. The van der Waals surface area contributed by atoms with Crippen LogP contribution < -0.4 is 15.5 Å². The molecule has 9 heteroatoms. The van der Waals surface area contributed by atoms with Crippen LogP contribution >= 0.6 is 0 Å². The highest BCUT2D eigenvalue weighted by Gasteiger charge is 2.30. The zero-order chi connectivity index (χ0) is 29.0. The van der Waals surface area contributed by atoms with Gasteiger partial charge in [-0.15, -0.1) is 0 Å². The van der Waals surface area contributed by atoms with E-state index in [1.165, 1.54) is 24.6 Å². The minimum absolute atomic E-state index is 0.0761. The van der Waals surface area contributed by atoms with Gasteiger partial charge >= 0.3 is 6.18 Å². The molecular weight excluding hydrogens is 531 g/mol. The smallest absolute Gasteiger partial charge is 0.383 e. The summed E-state index contributed by atoms with van der Waals surface area (Å²) >= 11 is 0. The molecule has 2 aliphatic rings. The van der Waals surface area contributed by atoms with E-state index in [9.17, 15) is 27.9 Å². The summed E-state index contributed by atoms with van der Waals surface area (Å²) in [7, 11) is 0. The van der Waals surface area contributed by atoms with E-state index in [0.29, 0.717) is 28.1 Å². The molecule has 3 aromatic carbocycles. The topological polar surface area (TPSA) is 81.7 Å². The molecule has 0 bridgehead atoms. The highest BCUT2D eigenvalue weighted by molar-refractivity contribution is 6.03. The van der Waals surface area contributed by atoms with E-state index in [4.69, 9.17) is 0 Å². The summed E-state index contributed by atoms with van der Waals surface area (Å²) in [5.74, 6) is -0.931. The van der Waals surface area contributed by atoms with Crippen LogP contribution in [0.4, 0.5) is 30.2 Å². The number of piperidine rings is 1. The van der Waals surface area contributed by atoms with Gasteiger partial charge in [0, 0.05) is 48.2 Å². The van der Waals surface area contributed by atoms with Crippen molar-refractivity contribution in [3.05, 3.63) is 107 Å². The number of allylic oxidation sites excluding steroid dienone is 2. The number of aliphatic hydroxyl groups excluding tert-OH is 1. The monoisotopic (exact) mass is 561 g/mol. The fourth-order valence-electron chi connectivity index (χ4n) is 5.15. The number of alkyl halides is 3.